The van der Waals surface area contributed by atoms with E-state index in [1.54, 1.807) is 4.90 Å². The second-order valence-electron chi connectivity index (χ2n) is 7.32. The average Bonchev–Trinajstić information content (AvgIpc) is 3.36. The van der Waals surface area contributed by atoms with Gasteiger partial charge in [0.25, 0.3) is 5.91 Å². The minimum atomic E-state index is -0.0570. The van der Waals surface area contributed by atoms with Crippen LogP contribution in [0.15, 0.2) is 59.0 Å². The lowest BCUT2D eigenvalue weighted by molar-refractivity contribution is -0.133. The fraction of sp³-hybridized carbons (Fsp3) is 0.273. The van der Waals surface area contributed by atoms with Crippen LogP contribution in [0.4, 0.5) is 0 Å². The van der Waals surface area contributed by atoms with E-state index in [4.69, 9.17) is 4.42 Å². The highest BCUT2D eigenvalue weighted by molar-refractivity contribution is 6.00. The van der Waals surface area contributed by atoms with Gasteiger partial charge in [-0.15, -0.1) is 0 Å². The summed E-state index contributed by atoms with van der Waals surface area (Å²) in [5, 5.41) is 1.04. The van der Waals surface area contributed by atoms with Gasteiger partial charge in [0.1, 0.15) is 17.9 Å². The van der Waals surface area contributed by atoms with Crippen LogP contribution in [0.3, 0.4) is 0 Å². The van der Waals surface area contributed by atoms with Crippen molar-refractivity contribution in [3.8, 4) is 0 Å². The Balaban J connectivity index is 1.32. The number of carbonyl (C=O) groups is 2. The Bertz CT molecular complexity index is 1000. The highest BCUT2D eigenvalue weighted by Gasteiger charge is 2.36. The first kappa shape index (κ1) is 16.1. The van der Waals surface area contributed by atoms with Crippen LogP contribution in [0.1, 0.15) is 34.5 Å². The van der Waals surface area contributed by atoms with Crippen molar-refractivity contribution in [2.24, 2.45) is 0 Å². The van der Waals surface area contributed by atoms with Gasteiger partial charge in [-0.05, 0) is 36.6 Å². The third-order valence-corrected chi connectivity index (χ3v) is 5.33. The number of hydrogen-bond acceptors (Lipinski definition) is 3. The predicted octanol–water partition coefficient (Wildman–Crippen LogP) is 3.58. The van der Waals surface area contributed by atoms with E-state index in [0.29, 0.717) is 18.7 Å². The molecule has 0 N–H and O–H groups in total. The van der Waals surface area contributed by atoms with Crippen molar-refractivity contribution in [3.05, 3.63) is 71.5 Å². The Morgan fingerprint density at radius 1 is 1.11 bits per heavy atom. The number of rotatable bonds is 5. The van der Waals surface area contributed by atoms with E-state index in [1.807, 2.05) is 59.5 Å². The largest absolute Gasteiger partial charge is 0.459 e. The zero-order valence-corrected chi connectivity index (χ0v) is 14.9. The number of amides is 2. The van der Waals surface area contributed by atoms with Gasteiger partial charge in [-0.1, -0.05) is 36.4 Å². The first-order valence-corrected chi connectivity index (χ1v) is 9.33. The van der Waals surface area contributed by atoms with Crippen LogP contribution in [0.5, 0.6) is 0 Å². The number of furan rings is 1. The smallest absolute Gasteiger partial charge is 0.254 e. The van der Waals surface area contributed by atoms with Crippen LogP contribution in [0.2, 0.25) is 0 Å². The van der Waals surface area contributed by atoms with E-state index in [9.17, 15) is 9.59 Å². The fourth-order valence-corrected chi connectivity index (χ4v) is 3.79. The number of hydrogen-bond donors (Lipinski definition) is 0. The molecule has 27 heavy (non-hydrogen) atoms. The Kier molecular flexibility index (Phi) is 3.74. The van der Waals surface area contributed by atoms with E-state index in [-0.39, 0.29) is 24.4 Å². The summed E-state index contributed by atoms with van der Waals surface area (Å²) in [4.78, 5) is 29.0. The molecule has 1 saturated carbocycles. The zero-order valence-electron chi connectivity index (χ0n) is 14.9. The molecule has 1 aromatic heterocycles. The maximum Gasteiger partial charge on any atom is 0.254 e. The Morgan fingerprint density at radius 2 is 1.89 bits per heavy atom. The van der Waals surface area contributed by atoms with E-state index in [2.05, 4.69) is 0 Å². The second kappa shape index (κ2) is 6.27. The highest BCUT2D eigenvalue weighted by atomic mass is 16.3. The lowest BCUT2D eigenvalue weighted by Gasteiger charge is -2.24. The molecular formula is C22H20N2O3. The van der Waals surface area contributed by atoms with E-state index in [1.165, 1.54) is 0 Å². The summed E-state index contributed by atoms with van der Waals surface area (Å²) in [6, 6.07) is 17.7. The molecule has 5 nitrogen and oxygen atoms in total. The summed E-state index contributed by atoms with van der Waals surface area (Å²) in [6.45, 7) is 1.07. The molecule has 0 saturated heterocycles. The maximum absolute atomic E-state index is 13.0. The van der Waals surface area contributed by atoms with Crippen molar-refractivity contribution in [3.63, 3.8) is 0 Å². The molecule has 0 radical (unpaired) electrons. The normalized spacial score (nSPS) is 16.0. The molecule has 136 valence electrons. The molecule has 1 aliphatic heterocycles. The lowest BCUT2D eigenvalue weighted by atomic mass is 10.1. The van der Waals surface area contributed by atoms with Crippen LogP contribution in [-0.2, 0) is 17.9 Å². The highest BCUT2D eigenvalue weighted by Crippen LogP contribution is 2.31. The molecule has 2 aliphatic rings. The van der Waals surface area contributed by atoms with Crippen molar-refractivity contribution >= 4 is 22.8 Å². The van der Waals surface area contributed by atoms with Gasteiger partial charge in [0.05, 0.1) is 6.54 Å². The number of benzene rings is 2. The third kappa shape index (κ3) is 2.99. The summed E-state index contributed by atoms with van der Waals surface area (Å²) < 4.78 is 5.89. The van der Waals surface area contributed by atoms with Gasteiger partial charge in [-0.3, -0.25) is 9.59 Å². The molecular weight excluding hydrogens is 340 g/mol. The summed E-state index contributed by atoms with van der Waals surface area (Å²) in [6.07, 6.45) is 2.03. The molecule has 2 amide bonds. The molecule has 3 aromatic rings. The van der Waals surface area contributed by atoms with Gasteiger partial charge in [0.15, 0.2) is 0 Å². The number of carbonyl (C=O) groups excluding carboxylic acids is 2. The minimum Gasteiger partial charge on any atom is -0.459 e. The Hall–Kier alpha value is -3.08. The molecule has 0 bridgehead atoms. The molecule has 1 fully saturated rings. The number of fused-ring (bicyclic) bond motifs is 2. The average molecular weight is 360 g/mol. The van der Waals surface area contributed by atoms with Crippen molar-refractivity contribution < 1.29 is 14.0 Å². The van der Waals surface area contributed by atoms with Gasteiger partial charge in [0.2, 0.25) is 5.91 Å². The topological polar surface area (TPSA) is 53.8 Å². The lowest BCUT2D eigenvalue weighted by Crippen LogP contribution is -2.41. The summed E-state index contributed by atoms with van der Waals surface area (Å²) >= 11 is 0. The van der Waals surface area contributed by atoms with Crippen molar-refractivity contribution in [2.45, 2.75) is 32.0 Å². The minimum absolute atomic E-state index is 0.0147. The SMILES string of the molecule is O=C1c2ccccc2CN1CC(=O)N(Cc1cc2ccccc2o1)C1CC1. The van der Waals surface area contributed by atoms with E-state index >= 15 is 0 Å². The van der Waals surface area contributed by atoms with Gasteiger partial charge in [-0.2, -0.15) is 0 Å². The number of nitrogens with zero attached hydrogens (tertiary/aromatic N) is 2. The molecule has 1 aliphatic carbocycles. The predicted molar refractivity (Wildman–Crippen MR) is 101 cm³/mol. The zero-order chi connectivity index (χ0) is 18.4. The van der Waals surface area contributed by atoms with Gasteiger partial charge < -0.3 is 14.2 Å². The van der Waals surface area contributed by atoms with Crippen LogP contribution in [0.25, 0.3) is 11.0 Å². The van der Waals surface area contributed by atoms with E-state index in [0.717, 1.165) is 35.1 Å². The van der Waals surface area contributed by atoms with Crippen molar-refractivity contribution in [1.29, 1.82) is 0 Å². The molecule has 5 heteroatoms. The maximum atomic E-state index is 13.0. The van der Waals surface area contributed by atoms with Crippen LogP contribution < -0.4 is 0 Å². The van der Waals surface area contributed by atoms with Crippen LogP contribution >= 0.6 is 0 Å². The molecule has 0 atom stereocenters. The monoisotopic (exact) mass is 360 g/mol. The van der Waals surface area contributed by atoms with E-state index < -0.39 is 0 Å². The summed E-state index contributed by atoms with van der Waals surface area (Å²) in [7, 11) is 0. The third-order valence-electron chi connectivity index (χ3n) is 5.33. The molecule has 5 rings (SSSR count). The summed E-state index contributed by atoms with van der Waals surface area (Å²) in [5.74, 6) is 0.713. The first-order valence-electron chi connectivity index (χ1n) is 9.33. The Morgan fingerprint density at radius 3 is 2.67 bits per heavy atom. The quantitative estimate of drug-likeness (QED) is 0.699. The van der Waals surface area contributed by atoms with Crippen molar-refractivity contribution in [1.82, 2.24) is 9.80 Å². The van der Waals surface area contributed by atoms with Gasteiger partial charge in [0, 0.05) is 23.5 Å². The summed E-state index contributed by atoms with van der Waals surface area (Å²) in [5.41, 5.74) is 2.53. The molecule has 0 spiro atoms. The molecule has 0 unspecified atom stereocenters. The van der Waals surface area contributed by atoms with Crippen LogP contribution in [-0.4, -0.2) is 34.2 Å². The van der Waals surface area contributed by atoms with Gasteiger partial charge in [-0.25, -0.2) is 0 Å². The standard InChI is InChI=1S/C22H20N2O3/c25-21(14-23-12-16-6-1-3-7-19(16)22(23)26)24(17-9-10-17)13-18-11-15-5-2-4-8-20(15)27-18/h1-8,11,17H,9-10,12-14H2. The molecule has 2 aromatic carbocycles. The molecule has 2 heterocycles. The van der Waals surface area contributed by atoms with Gasteiger partial charge >= 0.3 is 0 Å². The fourth-order valence-electron chi connectivity index (χ4n) is 3.79. The second-order valence-corrected chi connectivity index (χ2v) is 7.32. The number of para-hydroxylation sites is 1. The Labute approximate surface area is 157 Å². The first-order chi connectivity index (χ1) is 13.2. The van der Waals surface area contributed by atoms with Crippen molar-refractivity contribution in [2.75, 3.05) is 6.54 Å². The van der Waals surface area contributed by atoms with Crippen LogP contribution in [0, 0.1) is 0 Å².